The number of nitrogens with one attached hydrogen (secondary N) is 1. The van der Waals surface area contributed by atoms with Crippen LogP contribution in [0.15, 0.2) is 30.3 Å². The van der Waals surface area contributed by atoms with Gasteiger partial charge >= 0.3 is 0 Å². The smallest absolute Gasteiger partial charge is 0.0366 e. The maximum atomic E-state index is 3.45. The Kier molecular flexibility index (Phi) is 5.94. The molecule has 1 unspecified atom stereocenters. The van der Waals surface area contributed by atoms with Crippen LogP contribution in [0.5, 0.6) is 0 Å². The molecule has 1 N–H and O–H groups in total. The molecule has 0 aliphatic rings. The van der Waals surface area contributed by atoms with Gasteiger partial charge in [-0.15, -0.1) is 0 Å². The van der Waals surface area contributed by atoms with Gasteiger partial charge in [-0.1, -0.05) is 25.1 Å². The largest absolute Gasteiger partial charge is 0.372 e. The zero-order chi connectivity index (χ0) is 11.8. The highest BCUT2D eigenvalue weighted by atomic mass is 15.1. The van der Waals surface area contributed by atoms with Gasteiger partial charge in [-0.2, -0.15) is 0 Å². The van der Waals surface area contributed by atoms with Crippen LogP contribution in [-0.2, 0) is 0 Å². The summed E-state index contributed by atoms with van der Waals surface area (Å²) in [5.74, 6) is 0. The molecule has 0 radical (unpaired) electrons. The second-order valence-corrected chi connectivity index (χ2v) is 4.16. The maximum Gasteiger partial charge on any atom is 0.0366 e. The second kappa shape index (κ2) is 7.29. The minimum absolute atomic E-state index is 0.600. The molecule has 0 fully saturated rings. The minimum atomic E-state index is 0.600. The van der Waals surface area contributed by atoms with Crippen molar-refractivity contribution >= 4 is 5.69 Å². The van der Waals surface area contributed by atoms with Crippen LogP contribution in [0.25, 0.3) is 0 Å². The fourth-order valence-corrected chi connectivity index (χ4v) is 1.91. The third kappa shape index (κ3) is 4.23. The fraction of sp³-hybridized carbons (Fsp3) is 0.571. The zero-order valence-corrected chi connectivity index (χ0v) is 10.7. The van der Waals surface area contributed by atoms with E-state index in [0.29, 0.717) is 6.04 Å². The highest BCUT2D eigenvalue weighted by molar-refractivity contribution is 5.45. The van der Waals surface area contributed by atoms with E-state index >= 15 is 0 Å². The Labute approximate surface area is 99.7 Å². The Morgan fingerprint density at radius 1 is 1.19 bits per heavy atom. The van der Waals surface area contributed by atoms with E-state index in [1.54, 1.807) is 0 Å². The molecule has 90 valence electrons. The lowest BCUT2D eigenvalue weighted by Gasteiger charge is -2.25. The molecular formula is C14H24N2. The molecule has 0 heterocycles. The van der Waals surface area contributed by atoms with E-state index in [2.05, 4.69) is 61.3 Å². The number of anilines is 1. The van der Waals surface area contributed by atoms with Crippen LogP contribution in [0.3, 0.4) is 0 Å². The normalized spacial score (nSPS) is 12.4. The average Bonchev–Trinajstić information content (AvgIpc) is 2.31. The predicted octanol–water partition coefficient (Wildman–Crippen LogP) is 2.90. The first-order chi connectivity index (χ1) is 7.77. The van der Waals surface area contributed by atoms with Crippen molar-refractivity contribution in [3.05, 3.63) is 30.3 Å². The zero-order valence-electron chi connectivity index (χ0n) is 10.7. The minimum Gasteiger partial charge on any atom is -0.372 e. The molecule has 0 amide bonds. The third-order valence-corrected chi connectivity index (χ3v) is 2.89. The SMILES string of the molecule is CCNC(C)CCN(CC)c1ccccc1. The quantitative estimate of drug-likeness (QED) is 0.760. The monoisotopic (exact) mass is 220 g/mol. The summed E-state index contributed by atoms with van der Waals surface area (Å²) in [4.78, 5) is 2.42. The van der Waals surface area contributed by atoms with E-state index < -0.39 is 0 Å². The molecule has 2 nitrogen and oxygen atoms in total. The Morgan fingerprint density at radius 2 is 1.88 bits per heavy atom. The Morgan fingerprint density at radius 3 is 2.44 bits per heavy atom. The summed E-state index contributed by atoms with van der Waals surface area (Å²) in [5, 5.41) is 3.45. The molecule has 2 heteroatoms. The number of nitrogens with zero attached hydrogens (tertiary/aromatic N) is 1. The van der Waals surface area contributed by atoms with Crippen LogP contribution >= 0.6 is 0 Å². The van der Waals surface area contributed by atoms with Crippen LogP contribution in [0.4, 0.5) is 5.69 Å². The lowest BCUT2D eigenvalue weighted by molar-refractivity contribution is 0.527. The molecular weight excluding hydrogens is 196 g/mol. The molecule has 0 saturated heterocycles. The van der Waals surface area contributed by atoms with Gasteiger partial charge in [0.2, 0.25) is 0 Å². The van der Waals surface area contributed by atoms with Gasteiger partial charge in [-0.25, -0.2) is 0 Å². The molecule has 0 aliphatic carbocycles. The summed E-state index contributed by atoms with van der Waals surface area (Å²) in [6, 6.07) is 11.2. The summed E-state index contributed by atoms with van der Waals surface area (Å²) >= 11 is 0. The van der Waals surface area contributed by atoms with Crippen LogP contribution in [0.1, 0.15) is 27.2 Å². The van der Waals surface area contributed by atoms with Gasteiger partial charge in [0, 0.05) is 24.8 Å². The van der Waals surface area contributed by atoms with E-state index in [1.807, 2.05) is 0 Å². The van der Waals surface area contributed by atoms with E-state index in [1.165, 1.54) is 12.1 Å². The Bertz CT molecular complexity index is 271. The second-order valence-electron chi connectivity index (χ2n) is 4.16. The number of hydrogen-bond donors (Lipinski definition) is 1. The Balaban J connectivity index is 2.44. The van der Waals surface area contributed by atoms with Crippen LogP contribution in [0, 0.1) is 0 Å². The van der Waals surface area contributed by atoms with Crippen molar-refractivity contribution in [1.29, 1.82) is 0 Å². The molecule has 1 aromatic rings. The maximum absolute atomic E-state index is 3.45. The van der Waals surface area contributed by atoms with Crippen LogP contribution in [-0.4, -0.2) is 25.7 Å². The summed E-state index contributed by atoms with van der Waals surface area (Å²) in [7, 11) is 0. The van der Waals surface area contributed by atoms with Crippen molar-refractivity contribution in [3.63, 3.8) is 0 Å². The summed E-state index contributed by atoms with van der Waals surface area (Å²) in [6.07, 6.45) is 1.19. The number of benzene rings is 1. The first-order valence-corrected chi connectivity index (χ1v) is 6.31. The first-order valence-electron chi connectivity index (χ1n) is 6.31. The van der Waals surface area contributed by atoms with E-state index in [9.17, 15) is 0 Å². The molecule has 1 atom stereocenters. The van der Waals surface area contributed by atoms with Crippen molar-refractivity contribution in [1.82, 2.24) is 5.32 Å². The van der Waals surface area contributed by atoms with E-state index in [-0.39, 0.29) is 0 Å². The van der Waals surface area contributed by atoms with Gasteiger partial charge in [-0.3, -0.25) is 0 Å². The lowest BCUT2D eigenvalue weighted by Crippen LogP contribution is -2.32. The van der Waals surface area contributed by atoms with E-state index in [4.69, 9.17) is 0 Å². The molecule has 0 aliphatic heterocycles. The van der Waals surface area contributed by atoms with Crippen LogP contribution in [0.2, 0.25) is 0 Å². The third-order valence-electron chi connectivity index (χ3n) is 2.89. The van der Waals surface area contributed by atoms with Crippen molar-refractivity contribution < 1.29 is 0 Å². The van der Waals surface area contributed by atoms with Gasteiger partial charge in [0.05, 0.1) is 0 Å². The summed E-state index contributed by atoms with van der Waals surface area (Å²) in [5.41, 5.74) is 1.33. The van der Waals surface area contributed by atoms with E-state index in [0.717, 1.165) is 19.6 Å². The Hall–Kier alpha value is -1.02. The van der Waals surface area contributed by atoms with Gasteiger partial charge < -0.3 is 10.2 Å². The average molecular weight is 220 g/mol. The molecule has 0 bridgehead atoms. The van der Waals surface area contributed by atoms with Crippen LogP contribution < -0.4 is 10.2 Å². The van der Waals surface area contributed by atoms with Gasteiger partial charge in [-0.05, 0) is 38.9 Å². The number of hydrogen-bond acceptors (Lipinski definition) is 2. The van der Waals surface area contributed by atoms with Gasteiger partial charge in [0.25, 0.3) is 0 Å². The van der Waals surface area contributed by atoms with Crippen molar-refractivity contribution in [3.8, 4) is 0 Å². The molecule has 0 spiro atoms. The summed E-state index contributed by atoms with van der Waals surface area (Å²) in [6.45, 7) is 9.87. The standard InChI is InChI=1S/C14H24N2/c1-4-15-13(3)11-12-16(5-2)14-9-7-6-8-10-14/h6-10,13,15H,4-5,11-12H2,1-3H3. The fourth-order valence-electron chi connectivity index (χ4n) is 1.91. The molecule has 1 aromatic carbocycles. The lowest BCUT2D eigenvalue weighted by atomic mass is 10.2. The number of rotatable bonds is 7. The molecule has 0 aromatic heterocycles. The van der Waals surface area contributed by atoms with Crippen molar-refractivity contribution in [2.45, 2.75) is 33.2 Å². The molecule has 1 rings (SSSR count). The predicted molar refractivity (Wildman–Crippen MR) is 72.1 cm³/mol. The highest BCUT2D eigenvalue weighted by Crippen LogP contribution is 2.13. The first kappa shape index (κ1) is 13.0. The summed E-state index contributed by atoms with van der Waals surface area (Å²) < 4.78 is 0. The van der Waals surface area contributed by atoms with Crippen molar-refractivity contribution in [2.24, 2.45) is 0 Å². The molecule has 16 heavy (non-hydrogen) atoms. The van der Waals surface area contributed by atoms with Crippen molar-refractivity contribution in [2.75, 3.05) is 24.5 Å². The topological polar surface area (TPSA) is 15.3 Å². The molecule has 0 saturated carbocycles. The van der Waals surface area contributed by atoms with Gasteiger partial charge in [0.15, 0.2) is 0 Å². The van der Waals surface area contributed by atoms with Gasteiger partial charge in [0.1, 0.15) is 0 Å². The number of para-hydroxylation sites is 1. The highest BCUT2D eigenvalue weighted by Gasteiger charge is 2.05.